The Bertz CT molecular complexity index is 1420. The molecule has 1 unspecified atom stereocenters. The summed E-state index contributed by atoms with van der Waals surface area (Å²) in [7, 11) is 0. The average Bonchev–Trinajstić information content (AvgIpc) is 3.11. The molecule has 4 rings (SSSR count). The highest BCUT2D eigenvalue weighted by atomic mass is 19.2. The third-order valence-corrected chi connectivity index (χ3v) is 6.25. The van der Waals surface area contributed by atoms with Crippen molar-refractivity contribution in [2.45, 2.75) is 32.3 Å². The molecule has 0 bridgehead atoms. The van der Waals surface area contributed by atoms with Gasteiger partial charge in [-0.1, -0.05) is 26.0 Å². The number of hydrogen-bond acceptors (Lipinski definition) is 3. The number of halogens is 3. The van der Waals surface area contributed by atoms with Crippen LogP contribution in [0.25, 0.3) is 27.7 Å². The molecule has 176 valence electrons. The van der Waals surface area contributed by atoms with E-state index in [1.807, 2.05) is 0 Å². The average molecular weight is 469 g/mol. The first-order valence-corrected chi connectivity index (χ1v) is 10.5. The van der Waals surface area contributed by atoms with Gasteiger partial charge in [0.25, 0.3) is 0 Å². The van der Waals surface area contributed by atoms with Crippen molar-refractivity contribution in [1.82, 2.24) is 4.57 Å². The largest absolute Gasteiger partial charge is 0.507 e. The molecule has 1 heterocycles. The smallest absolute Gasteiger partial charge is 0.335 e. The number of phenols is 1. The zero-order chi connectivity index (χ0) is 24.9. The summed E-state index contributed by atoms with van der Waals surface area (Å²) in [4.78, 5) is 11.3. The topological polar surface area (TPSA) is 82.7 Å². The molecule has 34 heavy (non-hydrogen) atoms. The predicted molar refractivity (Wildman–Crippen MR) is 122 cm³/mol. The van der Waals surface area contributed by atoms with E-state index in [2.05, 4.69) is 0 Å². The standard InChI is InChI=1S/C26H22F3NO4/c1-13(31)26(2,3)24-22(14-4-6-15(7-5-14)25(33)34)23-20(10-16(27)11-21(23)32)30(24)17-8-9-18(28)19(29)12-17/h4-13,31-32H,1-3H3,(H,33,34). The van der Waals surface area contributed by atoms with E-state index in [0.29, 0.717) is 16.8 Å². The number of aliphatic hydroxyl groups excluding tert-OH is 1. The van der Waals surface area contributed by atoms with Crippen LogP contribution in [0.3, 0.4) is 0 Å². The fraction of sp³-hybridized carbons (Fsp3) is 0.192. The first kappa shape index (κ1) is 23.4. The van der Waals surface area contributed by atoms with E-state index in [0.717, 1.165) is 24.3 Å². The van der Waals surface area contributed by atoms with Gasteiger partial charge in [0.05, 0.1) is 22.6 Å². The molecule has 0 saturated carbocycles. The van der Waals surface area contributed by atoms with Crippen molar-refractivity contribution in [1.29, 1.82) is 0 Å². The van der Waals surface area contributed by atoms with E-state index in [9.17, 15) is 33.3 Å². The number of aromatic nitrogens is 1. The zero-order valence-electron chi connectivity index (χ0n) is 18.6. The van der Waals surface area contributed by atoms with Crippen LogP contribution in [0.4, 0.5) is 13.2 Å². The predicted octanol–water partition coefficient (Wildman–Crippen LogP) is 5.78. The van der Waals surface area contributed by atoms with Crippen LogP contribution >= 0.6 is 0 Å². The third-order valence-electron chi connectivity index (χ3n) is 6.25. The van der Waals surface area contributed by atoms with Crippen LogP contribution in [0.2, 0.25) is 0 Å². The van der Waals surface area contributed by atoms with E-state index in [1.54, 1.807) is 20.8 Å². The lowest BCUT2D eigenvalue weighted by molar-refractivity contribution is 0.0697. The number of benzene rings is 3. The van der Waals surface area contributed by atoms with Crippen molar-refractivity contribution >= 4 is 16.9 Å². The van der Waals surface area contributed by atoms with Gasteiger partial charge in [-0.25, -0.2) is 18.0 Å². The molecule has 0 saturated heterocycles. The van der Waals surface area contributed by atoms with Crippen molar-refractivity contribution in [2.75, 3.05) is 0 Å². The highest BCUT2D eigenvalue weighted by molar-refractivity contribution is 6.04. The minimum atomic E-state index is -1.12. The lowest BCUT2D eigenvalue weighted by atomic mass is 9.80. The maximum absolute atomic E-state index is 14.5. The molecular formula is C26H22F3NO4. The number of fused-ring (bicyclic) bond motifs is 1. The van der Waals surface area contributed by atoms with Crippen molar-refractivity contribution in [3.8, 4) is 22.6 Å². The van der Waals surface area contributed by atoms with Gasteiger partial charge in [0, 0.05) is 34.5 Å². The molecule has 8 heteroatoms. The SMILES string of the molecule is CC(O)C(C)(C)c1c(-c2ccc(C(=O)O)cc2)c2c(O)cc(F)cc2n1-c1ccc(F)c(F)c1. The number of carboxylic acids is 1. The van der Waals surface area contributed by atoms with E-state index >= 15 is 0 Å². The molecule has 4 aromatic rings. The summed E-state index contributed by atoms with van der Waals surface area (Å²) in [5.74, 6) is -4.44. The summed E-state index contributed by atoms with van der Waals surface area (Å²) in [6, 6.07) is 11.2. The summed E-state index contributed by atoms with van der Waals surface area (Å²) in [6.45, 7) is 5.01. The minimum absolute atomic E-state index is 0.0414. The summed E-state index contributed by atoms with van der Waals surface area (Å²) >= 11 is 0. The van der Waals surface area contributed by atoms with Crippen LogP contribution in [-0.2, 0) is 5.41 Å². The fourth-order valence-corrected chi connectivity index (χ4v) is 4.12. The first-order chi connectivity index (χ1) is 15.9. The lowest BCUT2D eigenvalue weighted by Crippen LogP contribution is -2.33. The molecule has 0 amide bonds. The molecule has 0 fully saturated rings. The molecule has 0 radical (unpaired) electrons. The van der Waals surface area contributed by atoms with Crippen LogP contribution < -0.4 is 0 Å². The molecule has 0 aliphatic carbocycles. The second kappa shape index (κ2) is 8.22. The van der Waals surface area contributed by atoms with Gasteiger partial charge in [0.1, 0.15) is 11.6 Å². The van der Waals surface area contributed by atoms with Gasteiger partial charge < -0.3 is 19.9 Å². The van der Waals surface area contributed by atoms with Gasteiger partial charge in [-0.3, -0.25) is 0 Å². The Labute approximate surface area is 193 Å². The summed E-state index contributed by atoms with van der Waals surface area (Å²) in [5, 5.41) is 30.9. The molecule has 0 aliphatic heterocycles. The number of aliphatic hydroxyl groups is 1. The van der Waals surface area contributed by atoms with E-state index in [-0.39, 0.29) is 22.2 Å². The second-order valence-corrected chi connectivity index (χ2v) is 8.76. The number of carbonyl (C=O) groups is 1. The molecular weight excluding hydrogens is 447 g/mol. The number of rotatable bonds is 5. The lowest BCUT2D eigenvalue weighted by Gasteiger charge is -2.31. The molecule has 3 aromatic carbocycles. The number of carboxylic acid groups (broad SMARTS) is 1. The van der Waals surface area contributed by atoms with Gasteiger partial charge in [-0.2, -0.15) is 0 Å². The van der Waals surface area contributed by atoms with Gasteiger partial charge in [0.15, 0.2) is 11.6 Å². The second-order valence-electron chi connectivity index (χ2n) is 8.76. The monoisotopic (exact) mass is 469 g/mol. The molecule has 0 aliphatic rings. The van der Waals surface area contributed by atoms with Crippen molar-refractivity contribution in [3.63, 3.8) is 0 Å². The van der Waals surface area contributed by atoms with Gasteiger partial charge in [-0.05, 0) is 42.8 Å². The summed E-state index contributed by atoms with van der Waals surface area (Å²) in [6.07, 6.45) is -0.954. The van der Waals surface area contributed by atoms with E-state index in [1.165, 1.54) is 34.9 Å². The number of aromatic hydroxyl groups is 1. The molecule has 3 N–H and O–H groups in total. The van der Waals surface area contributed by atoms with Crippen LogP contribution in [-0.4, -0.2) is 32.0 Å². The summed E-state index contributed by atoms with van der Waals surface area (Å²) in [5.41, 5.74) is 0.623. The van der Waals surface area contributed by atoms with Gasteiger partial charge >= 0.3 is 5.97 Å². The molecule has 0 spiro atoms. The van der Waals surface area contributed by atoms with Crippen LogP contribution in [0.5, 0.6) is 5.75 Å². The Morgan fingerprint density at radius 1 is 0.971 bits per heavy atom. The number of hydrogen-bond donors (Lipinski definition) is 3. The summed E-state index contributed by atoms with van der Waals surface area (Å²) < 4.78 is 43.9. The highest BCUT2D eigenvalue weighted by Crippen LogP contribution is 2.47. The highest BCUT2D eigenvalue weighted by Gasteiger charge is 2.36. The van der Waals surface area contributed by atoms with Gasteiger partial charge in [0.2, 0.25) is 0 Å². The number of phenolic OH excluding ortho intramolecular Hbond substituents is 1. The Morgan fingerprint density at radius 3 is 2.18 bits per heavy atom. The zero-order valence-corrected chi connectivity index (χ0v) is 18.6. The molecule has 5 nitrogen and oxygen atoms in total. The van der Waals surface area contributed by atoms with Crippen molar-refractivity contribution in [2.24, 2.45) is 0 Å². The van der Waals surface area contributed by atoms with Crippen LogP contribution in [0, 0.1) is 17.5 Å². The minimum Gasteiger partial charge on any atom is -0.507 e. The van der Waals surface area contributed by atoms with E-state index in [4.69, 9.17) is 0 Å². The van der Waals surface area contributed by atoms with Crippen molar-refractivity contribution < 1.29 is 33.3 Å². The maximum Gasteiger partial charge on any atom is 0.335 e. The maximum atomic E-state index is 14.5. The quantitative estimate of drug-likeness (QED) is 0.346. The Morgan fingerprint density at radius 2 is 1.62 bits per heavy atom. The fourth-order valence-electron chi connectivity index (χ4n) is 4.12. The van der Waals surface area contributed by atoms with Crippen molar-refractivity contribution in [3.05, 3.63) is 83.3 Å². The first-order valence-electron chi connectivity index (χ1n) is 10.5. The Kier molecular flexibility index (Phi) is 5.65. The Balaban J connectivity index is 2.22. The van der Waals surface area contributed by atoms with Crippen LogP contribution in [0.15, 0.2) is 54.6 Å². The number of nitrogens with zero attached hydrogens (tertiary/aromatic N) is 1. The molecule has 1 aromatic heterocycles. The molecule has 1 atom stereocenters. The van der Waals surface area contributed by atoms with Gasteiger partial charge in [-0.15, -0.1) is 0 Å². The van der Waals surface area contributed by atoms with E-state index < -0.39 is 40.7 Å². The Hall–Kier alpha value is -3.78. The third kappa shape index (κ3) is 3.70. The van der Waals surface area contributed by atoms with Crippen LogP contribution in [0.1, 0.15) is 36.8 Å². The number of aromatic carboxylic acids is 1. The normalized spacial score (nSPS) is 12.8.